The lowest BCUT2D eigenvalue weighted by Gasteiger charge is -2.50. The van der Waals surface area contributed by atoms with Gasteiger partial charge >= 0.3 is 6.03 Å². The van der Waals surface area contributed by atoms with Gasteiger partial charge in [-0.15, -0.1) is 0 Å². The standard InChI is InChI=1S/C14H21N3O/c1-11(2)14(15)9-17(10-14)13(18)16-8-12-6-4-3-5-7-12/h3-7,11H,8-10,15H2,1-2H3,(H,16,18). The number of urea groups is 1. The molecule has 0 spiro atoms. The molecule has 0 radical (unpaired) electrons. The fourth-order valence-corrected chi connectivity index (χ4v) is 2.06. The normalized spacial score (nSPS) is 17.4. The molecule has 1 fully saturated rings. The molecule has 4 heteroatoms. The Morgan fingerprint density at radius 2 is 2.00 bits per heavy atom. The number of rotatable bonds is 3. The number of nitrogens with zero attached hydrogens (tertiary/aromatic N) is 1. The van der Waals surface area contributed by atoms with Crippen LogP contribution < -0.4 is 11.1 Å². The van der Waals surface area contributed by atoms with E-state index in [9.17, 15) is 4.79 Å². The number of carbonyl (C=O) groups is 1. The maximum atomic E-state index is 11.9. The molecular weight excluding hydrogens is 226 g/mol. The number of nitrogens with one attached hydrogen (secondary N) is 1. The number of benzene rings is 1. The Morgan fingerprint density at radius 1 is 1.39 bits per heavy atom. The average molecular weight is 247 g/mol. The summed E-state index contributed by atoms with van der Waals surface area (Å²) in [5, 5.41) is 2.91. The second-order valence-electron chi connectivity index (χ2n) is 5.39. The average Bonchev–Trinajstić information content (AvgIpc) is 2.33. The zero-order valence-electron chi connectivity index (χ0n) is 11.0. The molecule has 98 valence electrons. The maximum Gasteiger partial charge on any atom is 0.317 e. The number of amides is 2. The first kappa shape index (κ1) is 12.9. The van der Waals surface area contributed by atoms with Crippen molar-refractivity contribution in [2.24, 2.45) is 11.7 Å². The van der Waals surface area contributed by atoms with Crippen LogP contribution in [0.25, 0.3) is 0 Å². The molecule has 0 atom stereocenters. The lowest BCUT2D eigenvalue weighted by atomic mass is 9.80. The van der Waals surface area contributed by atoms with E-state index >= 15 is 0 Å². The van der Waals surface area contributed by atoms with E-state index in [1.54, 1.807) is 4.90 Å². The largest absolute Gasteiger partial charge is 0.334 e. The fraction of sp³-hybridized carbons (Fsp3) is 0.500. The highest BCUT2D eigenvalue weighted by Crippen LogP contribution is 2.25. The highest BCUT2D eigenvalue weighted by atomic mass is 16.2. The Kier molecular flexibility index (Phi) is 3.57. The van der Waals surface area contributed by atoms with Gasteiger partial charge in [-0.1, -0.05) is 44.2 Å². The molecule has 1 saturated heterocycles. The lowest BCUT2D eigenvalue weighted by Crippen LogP contribution is -2.72. The van der Waals surface area contributed by atoms with Crippen molar-refractivity contribution in [3.8, 4) is 0 Å². The van der Waals surface area contributed by atoms with Gasteiger partial charge in [0.2, 0.25) is 0 Å². The molecule has 0 saturated carbocycles. The van der Waals surface area contributed by atoms with Crippen molar-refractivity contribution in [1.82, 2.24) is 10.2 Å². The number of hydrogen-bond acceptors (Lipinski definition) is 2. The minimum atomic E-state index is -0.204. The summed E-state index contributed by atoms with van der Waals surface area (Å²) in [5.74, 6) is 0.399. The third kappa shape index (κ3) is 2.64. The van der Waals surface area contributed by atoms with Crippen molar-refractivity contribution in [3.05, 3.63) is 35.9 Å². The molecule has 0 aromatic heterocycles. The van der Waals surface area contributed by atoms with Crippen LogP contribution in [0, 0.1) is 5.92 Å². The van der Waals surface area contributed by atoms with Crippen molar-refractivity contribution in [2.45, 2.75) is 25.9 Å². The summed E-state index contributed by atoms with van der Waals surface area (Å²) < 4.78 is 0. The Balaban J connectivity index is 1.78. The third-order valence-electron chi connectivity index (χ3n) is 3.69. The molecular formula is C14H21N3O. The maximum absolute atomic E-state index is 11.9. The molecule has 1 aromatic carbocycles. The summed E-state index contributed by atoms with van der Waals surface area (Å²) >= 11 is 0. The van der Waals surface area contributed by atoms with Gasteiger partial charge in [0.1, 0.15) is 0 Å². The molecule has 0 unspecified atom stereocenters. The minimum absolute atomic E-state index is 0.0272. The summed E-state index contributed by atoms with van der Waals surface area (Å²) in [6, 6.07) is 9.87. The lowest BCUT2D eigenvalue weighted by molar-refractivity contribution is 0.0654. The van der Waals surface area contributed by atoms with Gasteiger partial charge in [0.25, 0.3) is 0 Å². The van der Waals surface area contributed by atoms with Crippen LogP contribution >= 0.6 is 0 Å². The molecule has 1 aromatic rings. The number of hydrogen-bond donors (Lipinski definition) is 2. The summed E-state index contributed by atoms with van der Waals surface area (Å²) in [4.78, 5) is 13.6. The van der Waals surface area contributed by atoms with Crippen molar-refractivity contribution in [3.63, 3.8) is 0 Å². The molecule has 4 nitrogen and oxygen atoms in total. The highest BCUT2D eigenvalue weighted by molar-refractivity contribution is 5.75. The van der Waals surface area contributed by atoms with Gasteiger partial charge in [-0.3, -0.25) is 0 Å². The third-order valence-corrected chi connectivity index (χ3v) is 3.69. The number of carbonyl (C=O) groups excluding carboxylic acids is 1. The van der Waals surface area contributed by atoms with Gasteiger partial charge in [-0.25, -0.2) is 4.79 Å². The summed E-state index contributed by atoms with van der Waals surface area (Å²) in [6.07, 6.45) is 0. The van der Waals surface area contributed by atoms with E-state index in [2.05, 4.69) is 19.2 Å². The Morgan fingerprint density at radius 3 is 2.56 bits per heavy atom. The van der Waals surface area contributed by atoms with Crippen molar-refractivity contribution in [2.75, 3.05) is 13.1 Å². The van der Waals surface area contributed by atoms with Gasteiger partial charge in [0.15, 0.2) is 0 Å². The van der Waals surface area contributed by atoms with Crippen molar-refractivity contribution in [1.29, 1.82) is 0 Å². The molecule has 0 bridgehead atoms. The first-order valence-electron chi connectivity index (χ1n) is 6.37. The van der Waals surface area contributed by atoms with Crippen LogP contribution in [-0.2, 0) is 6.54 Å². The van der Waals surface area contributed by atoms with E-state index in [4.69, 9.17) is 5.73 Å². The van der Waals surface area contributed by atoms with Gasteiger partial charge in [0.05, 0.1) is 5.54 Å². The number of likely N-dealkylation sites (tertiary alicyclic amines) is 1. The van der Waals surface area contributed by atoms with Crippen LogP contribution in [0.15, 0.2) is 30.3 Å². The molecule has 1 aliphatic rings. The summed E-state index contributed by atoms with van der Waals surface area (Å²) in [7, 11) is 0. The van der Waals surface area contributed by atoms with Crippen molar-refractivity contribution < 1.29 is 4.79 Å². The van der Waals surface area contributed by atoms with Gasteiger partial charge in [0, 0.05) is 19.6 Å². The highest BCUT2D eigenvalue weighted by Gasteiger charge is 2.44. The Labute approximate surface area is 108 Å². The van der Waals surface area contributed by atoms with E-state index in [1.165, 1.54) is 0 Å². The monoisotopic (exact) mass is 247 g/mol. The van der Waals surface area contributed by atoms with E-state index < -0.39 is 0 Å². The molecule has 0 aliphatic carbocycles. The van der Waals surface area contributed by atoms with Crippen LogP contribution in [0.1, 0.15) is 19.4 Å². The predicted octanol–water partition coefficient (Wildman–Crippen LogP) is 1.57. The molecule has 1 heterocycles. The minimum Gasteiger partial charge on any atom is -0.334 e. The molecule has 3 N–H and O–H groups in total. The van der Waals surface area contributed by atoms with Crippen molar-refractivity contribution >= 4 is 6.03 Å². The summed E-state index contributed by atoms with van der Waals surface area (Å²) in [6.45, 7) is 6.05. The zero-order chi connectivity index (χ0) is 13.2. The smallest absolute Gasteiger partial charge is 0.317 e. The first-order chi connectivity index (χ1) is 8.51. The Bertz CT molecular complexity index is 410. The summed E-state index contributed by atoms with van der Waals surface area (Å²) in [5.41, 5.74) is 7.06. The van der Waals surface area contributed by atoms with Crippen LogP contribution in [0.3, 0.4) is 0 Å². The molecule has 2 rings (SSSR count). The van der Waals surface area contributed by atoms with Gasteiger partial charge in [-0.05, 0) is 11.5 Å². The Hall–Kier alpha value is -1.55. The van der Waals surface area contributed by atoms with Crippen LogP contribution in [0.5, 0.6) is 0 Å². The first-order valence-corrected chi connectivity index (χ1v) is 6.37. The van der Waals surface area contributed by atoms with E-state index in [1.807, 2.05) is 30.3 Å². The van der Waals surface area contributed by atoms with E-state index in [0.717, 1.165) is 5.56 Å². The molecule has 1 aliphatic heterocycles. The second-order valence-corrected chi connectivity index (χ2v) is 5.39. The number of nitrogens with two attached hydrogens (primary N) is 1. The van der Waals surface area contributed by atoms with E-state index in [0.29, 0.717) is 25.6 Å². The second kappa shape index (κ2) is 4.98. The predicted molar refractivity (Wildman–Crippen MR) is 72.0 cm³/mol. The van der Waals surface area contributed by atoms with Crippen LogP contribution in [0.4, 0.5) is 4.79 Å². The quantitative estimate of drug-likeness (QED) is 0.851. The van der Waals surface area contributed by atoms with Crippen LogP contribution in [-0.4, -0.2) is 29.6 Å². The molecule has 2 amide bonds. The van der Waals surface area contributed by atoms with Gasteiger partial charge in [-0.2, -0.15) is 0 Å². The SMILES string of the molecule is CC(C)C1(N)CN(C(=O)NCc2ccccc2)C1. The fourth-order valence-electron chi connectivity index (χ4n) is 2.06. The zero-order valence-corrected chi connectivity index (χ0v) is 11.0. The van der Waals surface area contributed by atoms with Gasteiger partial charge < -0.3 is 16.0 Å². The molecule has 18 heavy (non-hydrogen) atoms. The van der Waals surface area contributed by atoms with E-state index in [-0.39, 0.29) is 11.6 Å². The topological polar surface area (TPSA) is 58.4 Å². The van der Waals surface area contributed by atoms with Crippen LogP contribution in [0.2, 0.25) is 0 Å².